The highest BCUT2D eigenvalue weighted by Gasteiger charge is 2.42. The second-order valence-corrected chi connectivity index (χ2v) is 7.07. The van der Waals surface area contributed by atoms with Crippen molar-refractivity contribution in [3.8, 4) is 0 Å². The first-order chi connectivity index (χ1) is 12.4. The first-order valence-corrected chi connectivity index (χ1v) is 8.80. The minimum Gasteiger partial charge on any atom is -0.480 e. The number of carboxylic acids is 1. The summed E-state index contributed by atoms with van der Waals surface area (Å²) in [5, 5.41) is 15.6. The Hall–Kier alpha value is -2.83. The third-order valence-corrected chi connectivity index (χ3v) is 5.10. The van der Waals surface area contributed by atoms with Gasteiger partial charge in [0, 0.05) is 10.9 Å². The summed E-state index contributed by atoms with van der Waals surface area (Å²) in [4.78, 5) is 39.1. The first-order valence-electron chi connectivity index (χ1n) is 8.80. The van der Waals surface area contributed by atoms with Gasteiger partial charge in [0.25, 0.3) is 5.91 Å². The van der Waals surface area contributed by atoms with Crippen LogP contribution < -0.4 is 10.6 Å². The SMILES string of the molecule is CC1CCC(NC(=O)CNC(=O)c2cc3ccccc3[nH]2)(C(=O)O)CC1. The number of H-pyrrole nitrogens is 1. The van der Waals surface area contributed by atoms with Gasteiger partial charge in [0.15, 0.2) is 0 Å². The zero-order valence-corrected chi connectivity index (χ0v) is 14.7. The van der Waals surface area contributed by atoms with Crippen molar-refractivity contribution < 1.29 is 19.5 Å². The molecule has 1 aromatic heterocycles. The van der Waals surface area contributed by atoms with Crippen LogP contribution in [0.5, 0.6) is 0 Å². The number of nitrogens with one attached hydrogen (secondary N) is 3. The number of hydrogen-bond donors (Lipinski definition) is 4. The summed E-state index contributed by atoms with van der Waals surface area (Å²) in [6.07, 6.45) is 2.33. The monoisotopic (exact) mass is 357 g/mol. The molecule has 1 aliphatic rings. The number of rotatable bonds is 5. The van der Waals surface area contributed by atoms with Gasteiger partial charge in [0.1, 0.15) is 11.2 Å². The number of carboxylic acid groups (broad SMARTS) is 1. The number of aromatic nitrogens is 1. The Kier molecular flexibility index (Phi) is 4.97. The van der Waals surface area contributed by atoms with Crippen LogP contribution in [-0.4, -0.2) is 40.0 Å². The molecule has 0 unspecified atom stereocenters. The van der Waals surface area contributed by atoms with Gasteiger partial charge < -0.3 is 20.7 Å². The molecular weight excluding hydrogens is 334 g/mol. The number of para-hydroxylation sites is 1. The lowest BCUT2D eigenvalue weighted by Gasteiger charge is -2.36. The van der Waals surface area contributed by atoms with Gasteiger partial charge in [-0.05, 0) is 43.7 Å². The van der Waals surface area contributed by atoms with E-state index in [0.29, 0.717) is 24.5 Å². The van der Waals surface area contributed by atoms with Gasteiger partial charge in [-0.2, -0.15) is 0 Å². The van der Waals surface area contributed by atoms with Gasteiger partial charge in [-0.25, -0.2) is 4.79 Å². The Morgan fingerprint density at radius 2 is 1.92 bits per heavy atom. The first kappa shape index (κ1) is 18.0. The second kappa shape index (κ2) is 7.19. The molecule has 0 aliphatic heterocycles. The average Bonchev–Trinajstić information content (AvgIpc) is 3.06. The van der Waals surface area contributed by atoms with E-state index in [-0.39, 0.29) is 6.54 Å². The minimum absolute atomic E-state index is 0.265. The summed E-state index contributed by atoms with van der Waals surface area (Å²) in [5.74, 6) is -1.45. The number of benzene rings is 1. The molecule has 1 saturated carbocycles. The number of amides is 2. The molecule has 7 nitrogen and oxygen atoms in total. The van der Waals surface area contributed by atoms with E-state index in [1.165, 1.54) is 0 Å². The van der Waals surface area contributed by atoms with Crippen LogP contribution in [0.3, 0.4) is 0 Å². The van der Waals surface area contributed by atoms with Gasteiger partial charge in [0.05, 0.1) is 6.54 Å². The van der Waals surface area contributed by atoms with Crippen LogP contribution in [0, 0.1) is 5.92 Å². The van der Waals surface area contributed by atoms with Crippen molar-refractivity contribution in [1.82, 2.24) is 15.6 Å². The van der Waals surface area contributed by atoms with E-state index in [0.717, 1.165) is 23.7 Å². The summed E-state index contributed by atoms with van der Waals surface area (Å²) >= 11 is 0. The standard InChI is InChI=1S/C19H23N3O4/c1-12-6-8-19(9-7-12,18(25)26)22-16(23)11-20-17(24)15-10-13-4-2-3-5-14(13)21-15/h2-5,10,12,21H,6-9,11H2,1H3,(H,20,24)(H,22,23)(H,25,26). The fourth-order valence-corrected chi connectivity index (χ4v) is 3.41. The van der Waals surface area contributed by atoms with Crippen LogP contribution in [0.2, 0.25) is 0 Å². The molecule has 26 heavy (non-hydrogen) atoms. The van der Waals surface area contributed by atoms with E-state index in [1.54, 1.807) is 6.07 Å². The molecule has 1 aliphatic carbocycles. The molecule has 1 aromatic carbocycles. The predicted molar refractivity (Wildman–Crippen MR) is 96.8 cm³/mol. The molecule has 1 fully saturated rings. The van der Waals surface area contributed by atoms with E-state index in [1.807, 2.05) is 24.3 Å². The number of carbonyl (C=O) groups excluding carboxylic acids is 2. The van der Waals surface area contributed by atoms with Crippen LogP contribution in [0.15, 0.2) is 30.3 Å². The van der Waals surface area contributed by atoms with Crippen LogP contribution in [0.25, 0.3) is 10.9 Å². The fraction of sp³-hybridized carbons (Fsp3) is 0.421. The predicted octanol–water partition coefficient (Wildman–Crippen LogP) is 2.05. The highest BCUT2D eigenvalue weighted by Crippen LogP contribution is 2.32. The summed E-state index contributed by atoms with van der Waals surface area (Å²) < 4.78 is 0. The average molecular weight is 357 g/mol. The Balaban J connectivity index is 1.59. The molecule has 4 N–H and O–H groups in total. The van der Waals surface area contributed by atoms with Crippen molar-refractivity contribution in [3.05, 3.63) is 36.0 Å². The number of hydrogen-bond acceptors (Lipinski definition) is 3. The Bertz CT molecular complexity index is 801. The maximum atomic E-state index is 12.2. The largest absolute Gasteiger partial charge is 0.480 e. The summed E-state index contributed by atoms with van der Waals surface area (Å²) in [6.45, 7) is 1.81. The summed E-state index contributed by atoms with van der Waals surface area (Å²) in [5.41, 5.74) is -0.0307. The number of aromatic amines is 1. The van der Waals surface area contributed by atoms with Gasteiger partial charge in [-0.3, -0.25) is 9.59 Å². The third-order valence-electron chi connectivity index (χ3n) is 5.10. The highest BCUT2D eigenvalue weighted by atomic mass is 16.4. The van der Waals surface area contributed by atoms with Crippen molar-refractivity contribution in [1.29, 1.82) is 0 Å². The quantitative estimate of drug-likeness (QED) is 0.656. The number of fused-ring (bicyclic) bond motifs is 1. The lowest BCUT2D eigenvalue weighted by Crippen LogP contribution is -2.58. The van der Waals surface area contributed by atoms with Gasteiger partial charge in [-0.1, -0.05) is 25.1 Å². The molecule has 138 valence electrons. The Morgan fingerprint density at radius 1 is 1.23 bits per heavy atom. The van der Waals surface area contributed by atoms with Gasteiger partial charge in [0.2, 0.25) is 5.91 Å². The molecule has 0 bridgehead atoms. The zero-order valence-electron chi connectivity index (χ0n) is 14.7. The smallest absolute Gasteiger partial charge is 0.329 e. The second-order valence-electron chi connectivity index (χ2n) is 7.07. The maximum absolute atomic E-state index is 12.2. The van der Waals surface area contributed by atoms with Gasteiger partial charge in [-0.15, -0.1) is 0 Å². The van der Waals surface area contributed by atoms with Gasteiger partial charge >= 0.3 is 5.97 Å². The summed E-state index contributed by atoms with van der Waals surface area (Å²) in [7, 11) is 0. The molecule has 0 saturated heterocycles. The van der Waals surface area contributed by atoms with Crippen LogP contribution in [0.4, 0.5) is 0 Å². The molecule has 0 atom stereocenters. The van der Waals surface area contributed by atoms with E-state index >= 15 is 0 Å². The van der Waals surface area contributed by atoms with Crippen molar-refractivity contribution in [2.24, 2.45) is 5.92 Å². The minimum atomic E-state index is -1.23. The maximum Gasteiger partial charge on any atom is 0.329 e. The molecule has 3 rings (SSSR count). The number of carbonyl (C=O) groups is 3. The molecule has 0 spiro atoms. The summed E-state index contributed by atoms with van der Waals surface area (Å²) in [6, 6.07) is 9.20. The molecule has 0 radical (unpaired) electrons. The van der Waals surface area contributed by atoms with E-state index in [9.17, 15) is 19.5 Å². The normalized spacial score (nSPS) is 22.7. The van der Waals surface area contributed by atoms with Crippen molar-refractivity contribution in [2.75, 3.05) is 6.54 Å². The lowest BCUT2D eigenvalue weighted by atomic mass is 9.77. The Labute approximate surface area is 151 Å². The highest BCUT2D eigenvalue weighted by molar-refractivity contribution is 5.99. The lowest BCUT2D eigenvalue weighted by molar-refractivity contribution is -0.149. The molecule has 7 heteroatoms. The van der Waals surface area contributed by atoms with Crippen molar-refractivity contribution >= 4 is 28.7 Å². The van der Waals surface area contributed by atoms with E-state index < -0.39 is 23.3 Å². The van der Waals surface area contributed by atoms with Crippen molar-refractivity contribution in [2.45, 2.75) is 38.1 Å². The third kappa shape index (κ3) is 3.71. The van der Waals surface area contributed by atoms with Crippen molar-refractivity contribution in [3.63, 3.8) is 0 Å². The Morgan fingerprint density at radius 3 is 2.58 bits per heavy atom. The number of aliphatic carboxylic acids is 1. The molecule has 2 aromatic rings. The fourth-order valence-electron chi connectivity index (χ4n) is 3.41. The molecule has 2 amide bonds. The molecular formula is C19H23N3O4. The topological polar surface area (TPSA) is 111 Å². The van der Waals surface area contributed by atoms with Crippen LogP contribution in [0.1, 0.15) is 43.1 Å². The van der Waals surface area contributed by atoms with Crippen LogP contribution in [-0.2, 0) is 9.59 Å². The van der Waals surface area contributed by atoms with E-state index in [2.05, 4.69) is 22.5 Å². The van der Waals surface area contributed by atoms with E-state index in [4.69, 9.17) is 0 Å². The molecule has 1 heterocycles. The van der Waals surface area contributed by atoms with Crippen LogP contribution >= 0.6 is 0 Å². The zero-order chi connectivity index (χ0) is 18.7.